The van der Waals surface area contributed by atoms with Crippen molar-refractivity contribution in [3.8, 4) is 11.4 Å². The van der Waals surface area contributed by atoms with Gasteiger partial charge in [-0.25, -0.2) is 9.97 Å². The molecule has 3 aromatic rings. The highest BCUT2D eigenvalue weighted by molar-refractivity contribution is 5.87. The number of ether oxygens (including phenoxy) is 1. The maximum atomic E-state index is 6.06. The van der Waals surface area contributed by atoms with Crippen LogP contribution in [0.2, 0.25) is 0 Å². The first kappa shape index (κ1) is 21.0. The van der Waals surface area contributed by atoms with Crippen molar-refractivity contribution in [3.05, 3.63) is 24.4 Å². The molecule has 2 atom stereocenters. The van der Waals surface area contributed by atoms with Gasteiger partial charge in [0, 0.05) is 25.3 Å². The second-order valence-electron chi connectivity index (χ2n) is 9.89. The van der Waals surface area contributed by atoms with Crippen LogP contribution in [0.1, 0.15) is 70.5 Å². The van der Waals surface area contributed by atoms with E-state index in [4.69, 9.17) is 24.7 Å². The maximum Gasteiger partial charge on any atom is 0.228 e. The molecular formula is C25H33N7O. The van der Waals surface area contributed by atoms with Gasteiger partial charge in [-0.3, -0.25) is 9.97 Å². The molecule has 2 unspecified atom stereocenters. The molecule has 0 radical (unpaired) electrons. The Labute approximate surface area is 194 Å². The molecule has 3 fully saturated rings. The quantitative estimate of drug-likeness (QED) is 0.575. The molecule has 2 bridgehead atoms. The molecule has 2 aliphatic heterocycles. The summed E-state index contributed by atoms with van der Waals surface area (Å²) in [7, 11) is 0. The van der Waals surface area contributed by atoms with Gasteiger partial charge in [-0.2, -0.15) is 4.98 Å². The van der Waals surface area contributed by atoms with E-state index in [0.29, 0.717) is 6.04 Å². The van der Waals surface area contributed by atoms with Crippen molar-refractivity contribution in [2.24, 2.45) is 5.92 Å². The van der Waals surface area contributed by atoms with E-state index >= 15 is 0 Å². The Morgan fingerprint density at radius 1 is 0.909 bits per heavy atom. The van der Waals surface area contributed by atoms with Crippen molar-refractivity contribution in [1.29, 1.82) is 0 Å². The molecule has 3 aromatic heterocycles. The van der Waals surface area contributed by atoms with Gasteiger partial charge in [-0.15, -0.1) is 0 Å². The van der Waals surface area contributed by atoms with Crippen molar-refractivity contribution in [1.82, 2.24) is 29.5 Å². The minimum absolute atomic E-state index is 0.282. The molecule has 1 aliphatic carbocycles. The van der Waals surface area contributed by atoms with Crippen molar-refractivity contribution in [3.63, 3.8) is 0 Å². The highest BCUT2D eigenvalue weighted by Gasteiger charge is 2.35. The summed E-state index contributed by atoms with van der Waals surface area (Å²) in [4.78, 5) is 26.5. The topological polar surface area (TPSA) is 81.9 Å². The zero-order valence-electron chi connectivity index (χ0n) is 19.7. The summed E-state index contributed by atoms with van der Waals surface area (Å²) in [5.74, 6) is 1.62. The molecule has 174 valence electrons. The Hall–Kier alpha value is -2.61. The Bertz CT molecular complexity index is 1110. The molecule has 0 spiro atoms. The van der Waals surface area contributed by atoms with Crippen molar-refractivity contribution >= 4 is 17.1 Å². The normalized spacial score (nSPS) is 27.4. The van der Waals surface area contributed by atoms with Crippen molar-refractivity contribution in [2.75, 3.05) is 18.0 Å². The lowest BCUT2D eigenvalue weighted by molar-refractivity contribution is 0.0299. The van der Waals surface area contributed by atoms with Gasteiger partial charge in [0.2, 0.25) is 5.95 Å². The number of anilines is 1. The van der Waals surface area contributed by atoms with Crippen LogP contribution in [0, 0.1) is 5.92 Å². The molecule has 8 nitrogen and oxygen atoms in total. The molecule has 0 aromatic carbocycles. The minimum Gasteiger partial charge on any atom is -0.371 e. The van der Waals surface area contributed by atoms with Crippen LogP contribution >= 0.6 is 0 Å². The number of imidazole rings is 1. The number of aromatic nitrogens is 6. The number of nitrogens with zero attached hydrogens (tertiary/aromatic N) is 7. The zero-order valence-corrected chi connectivity index (χ0v) is 19.7. The van der Waals surface area contributed by atoms with Crippen LogP contribution in [-0.2, 0) is 11.2 Å². The zero-order chi connectivity index (χ0) is 22.4. The van der Waals surface area contributed by atoms with Gasteiger partial charge >= 0.3 is 0 Å². The lowest BCUT2D eigenvalue weighted by Crippen LogP contribution is -2.43. The standard InChI is InChI=1S/C25H33N7O/c1-3-16-5-7-18(8-6-16)32-15-28-23-22(21-12-26-17(4-2)11-27-21)29-25(30-24(23)32)31-13-19-9-10-20(14-31)33-19/h11-12,15-16,18-20H,3-10,13-14H2,1-2H3. The van der Waals surface area contributed by atoms with Gasteiger partial charge < -0.3 is 14.2 Å². The van der Waals surface area contributed by atoms with Crippen molar-refractivity contribution in [2.45, 2.75) is 83.5 Å². The average Bonchev–Trinajstić information content (AvgIpc) is 3.45. The van der Waals surface area contributed by atoms with E-state index in [1.54, 1.807) is 0 Å². The smallest absolute Gasteiger partial charge is 0.228 e. The van der Waals surface area contributed by atoms with E-state index in [-0.39, 0.29) is 12.2 Å². The molecule has 2 saturated heterocycles. The first-order valence-electron chi connectivity index (χ1n) is 12.7. The molecule has 1 saturated carbocycles. The fourth-order valence-electron chi connectivity index (χ4n) is 5.76. The van der Waals surface area contributed by atoms with Crippen molar-refractivity contribution < 1.29 is 4.74 Å². The Balaban J connectivity index is 1.43. The minimum atomic E-state index is 0.282. The number of fused-ring (bicyclic) bond motifs is 3. The van der Waals surface area contributed by atoms with Crippen LogP contribution in [0.25, 0.3) is 22.6 Å². The molecule has 0 amide bonds. The third kappa shape index (κ3) is 3.88. The summed E-state index contributed by atoms with van der Waals surface area (Å²) < 4.78 is 8.37. The molecule has 8 heteroatoms. The van der Waals surface area contributed by atoms with Crippen LogP contribution in [-0.4, -0.2) is 54.8 Å². The number of hydrogen-bond acceptors (Lipinski definition) is 7. The van der Waals surface area contributed by atoms with E-state index in [2.05, 4.69) is 28.3 Å². The Kier molecular flexibility index (Phi) is 5.48. The second-order valence-corrected chi connectivity index (χ2v) is 9.89. The van der Waals surface area contributed by atoms with E-state index < -0.39 is 0 Å². The molecular weight excluding hydrogens is 414 g/mol. The van der Waals surface area contributed by atoms with Crippen LogP contribution in [0.4, 0.5) is 5.95 Å². The molecule has 3 aliphatic rings. The summed E-state index contributed by atoms with van der Waals surface area (Å²) in [5.41, 5.74) is 4.27. The summed E-state index contributed by atoms with van der Waals surface area (Å²) >= 11 is 0. The van der Waals surface area contributed by atoms with E-state index in [0.717, 1.165) is 72.5 Å². The largest absolute Gasteiger partial charge is 0.371 e. The fourth-order valence-corrected chi connectivity index (χ4v) is 5.76. The summed E-state index contributed by atoms with van der Waals surface area (Å²) in [6.45, 7) is 6.09. The van der Waals surface area contributed by atoms with Gasteiger partial charge in [0.15, 0.2) is 5.65 Å². The lowest BCUT2D eigenvalue weighted by Gasteiger charge is -2.32. The number of aryl methyl sites for hydroxylation is 1. The third-order valence-electron chi connectivity index (χ3n) is 7.83. The first-order chi connectivity index (χ1) is 16.2. The third-order valence-corrected chi connectivity index (χ3v) is 7.83. The average molecular weight is 448 g/mol. The summed E-state index contributed by atoms with van der Waals surface area (Å²) in [6, 6.07) is 0.447. The Morgan fingerprint density at radius 3 is 2.36 bits per heavy atom. The molecule has 6 rings (SSSR count). The highest BCUT2D eigenvalue weighted by Crippen LogP contribution is 2.37. The predicted octanol–water partition coefficient (Wildman–Crippen LogP) is 4.35. The summed E-state index contributed by atoms with van der Waals surface area (Å²) in [5, 5.41) is 0. The Morgan fingerprint density at radius 2 is 1.70 bits per heavy atom. The van der Waals surface area contributed by atoms with E-state index in [1.807, 2.05) is 18.7 Å². The first-order valence-corrected chi connectivity index (χ1v) is 12.7. The number of rotatable bonds is 5. The van der Waals surface area contributed by atoms with Crippen LogP contribution < -0.4 is 4.90 Å². The second kappa shape index (κ2) is 8.63. The molecule has 33 heavy (non-hydrogen) atoms. The highest BCUT2D eigenvalue weighted by atomic mass is 16.5. The van der Waals surface area contributed by atoms with Crippen LogP contribution in [0.3, 0.4) is 0 Å². The predicted molar refractivity (Wildman–Crippen MR) is 127 cm³/mol. The summed E-state index contributed by atoms with van der Waals surface area (Å²) in [6.07, 6.45) is 15.5. The van der Waals surface area contributed by atoms with Crippen LogP contribution in [0.5, 0.6) is 0 Å². The molecule has 0 N–H and O–H groups in total. The SMILES string of the molecule is CCc1cnc(-c2nc(N3CC4CCC(C3)O4)nc3c2ncn3C2CCC(CC)CC2)cn1. The van der Waals surface area contributed by atoms with Gasteiger partial charge in [-0.05, 0) is 50.9 Å². The number of morpholine rings is 1. The van der Waals surface area contributed by atoms with Gasteiger partial charge in [0.1, 0.15) is 16.9 Å². The lowest BCUT2D eigenvalue weighted by atomic mass is 9.84. The van der Waals surface area contributed by atoms with E-state index in [9.17, 15) is 0 Å². The fraction of sp³-hybridized carbons (Fsp3) is 0.640. The van der Waals surface area contributed by atoms with Gasteiger partial charge in [0.25, 0.3) is 0 Å². The maximum absolute atomic E-state index is 6.06. The molecule has 5 heterocycles. The van der Waals surface area contributed by atoms with Gasteiger partial charge in [-0.1, -0.05) is 20.3 Å². The van der Waals surface area contributed by atoms with Gasteiger partial charge in [0.05, 0.1) is 30.4 Å². The monoisotopic (exact) mass is 447 g/mol. The number of hydrogen-bond donors (Lipinski definition) is 0. The van der Waals surface area contributed by atoms with Crippen LogP contribution in [0.15, 0.2) is 18.7 Å². The van der Waals surface area contributed by atoms with E-state index in [1.165, 1.54) is 32.1 Å².